The van der Waals surface area contributed by atoms with E-state index in [4.69, 9.17) is 4.74 Å². The van der Waals surface area contributed by atoms with E-state index in [1.54, 1.807) is 31.2 Å². The van der Waals surface area contributed by atoms with E-state index < -0.39 is 5.97 Å². The third-order valence-corrected chi connectivity index (χ3v) is 2.06. The fourth-order valence-corrected chi connectivity index (χ4v) is 1.40. The monoisotopic (exact) mass is 203 g/mol. The molecule has 1 aliphatic rings. The van der Waals surface area contributed by atoms with Crippen molar-refractivity contribution in [1.29, 1.82) is 0 Å². The second kappa shape index (κ2) is 3.65. The lowest BCUT2D eigenvalue weighted by Gasteiger charge is -1.98. The Labute approximate surface area is 86.6 Å². The first-order valence-electron chi connectivity index (χ1n) is 4.63. The summed E-state index contributed by atoms with van der Waals surface area (Å²) in [5, 5.41) is 0. The summed E-state index contributed by atoms with van der Waals surface area (Å²) in [5.41, 5.74) is 0.865. The van der Waals surface area contributed by atoms with Gasteiger partial charge in [0.1, 0.15) is 0 Å². The molecular formula is C11H9NO3. The number of esters is 1. The molecule has 2 rings (SSSR count). The number of nitrogens with zero attached hydrogens (tertiary/aromatic N) is 1. The molecule has 1 aliphatic heterocycles. The maximum absolute atomic E-state index is 11.7. The first-order valence-corrected chi connectivity index (χ1v) is 4.63. The fourth-order valence-electron chi connectivity index (χ4n) is 1.40. The van der Waals surface area contributed by atoms with Crippen molar-refractivity contribution in [2.24, 2.45) is 4.99 Å². The van der Waals surface area contributed by atoms with Gasteiger partial charge in [-0.05, 0) is 19.1 Å². The number of ketones is 1. The van der Waals surface area contributed by atoms with Crippen molar-refractivity contribution >= 4 is 23.2 Å². The molecule has 0 bridgehead atoms. The molecular weight excluding hydrogens is 194 g/mol. The second-order valence-corrected chi connectivity index (χ2v) is 3.03. The molecule has 1 aromatic rings. The molecule has 0 spiro atoms. The third kappa shape index (κ3) is 1.54. The SMILES string of the molecule is CCOC(=O)C1=Nc2ccccc2C1=O. The maximum atomic E-state index is 11.7. The standard InChI is InChI=1S/C11H9NO3/c1-2-15-11(14)9-10(13)7-5-3-4-6-8(7)12-9/h3-6H,2H2,1H3. The smallest absolute Gasteiger partial charge is 0.361 e. The molecule has 0 saturated heterocycles. The van der Waals surface area contributed by atoms with Gasteiger partial charge in [0.2, 0.25) is 5.78 Å². The van der Waals surface area contributed by atoms with Gasteiger partial charge in [-0.25, -0.2) is 9.79 Å². The number of fused-ring (bicyclic) bond motifs is 1. The quantitative estimate of drug-likeness (QED) is 0.684. The van der Waals surface area contributed by atoms with E-state index in [2.05, 4.69) is 4.99 Å². The molecule has 0 saturated carbocycles. The molecule has 0 aromatic heterocycles. The zero-order valence-electron chi connectivity index (χ0n) is 8.19. The van der Waals surface area contributed by atoms with E-state index >= 15 is 0 Å². The van der Waals surface area contributed by atoms with Crippen LogP contribution in [-0.2, 0) is 9.53 Å². The topological polar surface area (TPSA) is 55.7 Å². The number of para-hydroxylation sites is 1. The predicted molar refractivity (Wildman–Crippen MR) is 54.5 cm³/mol. The third-order valence-electron chi connectivity index (χ3n) is 2.06. The summed E-state index contributed by atoms with van der Waals surface area (Å²) in [5.74, 6) is -1.01. The molecule has 0 fully saturated rings. The van der Waals surface area contributed by atoms with Gasteiger partial charge in [0.05, 0.1) is 17.9 Å². The molecule has 0 atom stereocenters. The van der Waals surface area contributed by atoms with Gasteiger partial charge in [0.25, 0.3) is 0 Å². The molecule has 0 unspecified atom stereocenters. The van der Waals surface area contributed by atoms with Gasteiger partial charge in [-0.1, -0.05) is 12.1 Å². The summed E-state index contributed by atoms with van der Waals surface area (Å²) in [6.45, 7) is 1.92. The van der Waals surface area contributed by atoms with Gasteiger partial charge in [0, 0.05) is 0 Å². The molecule has 4 heteroatoms. The van der Waals surface area contributed by atoms with Crippen molar-refractivity contribution in [3.63, 3.8) is 0 Å². The van der Waals surface area contributed by atoms with Crippen LogP contribution in [0.2, 0.25) is 0 Å². The molecule has 0 radical (unpaired) electrons. The lowest BCUT2D eigenvalue weighted by Crippen LogP contribution is -2.23. The van der Waals surface area contributed by atoms with E-state index in [1.165, 1.54) is 0 Å². The molecule has 0 amide bonds. The number of benzene rings is 1. The van der Waals surface area contributed by atoms with Gasteiger partial charge >= 0.3 is 5.97 Å². The summed E-state index contributed by atoms with van der Waals surface area (Å²) in [6.07, 6.45) is 0. The Bertz CT molecular complexity index is 463. The molecule has 4 nitrogen and oxygen atoms in total. The number of aliphatic imine (C=N–C) groups is 1. The van der Waals surface area contributed by atoms with E-state index in [0.717, 1.165) is 0 Å². The summed E-state index contributed by atoms with van der Waals surface area (Å²) in [7, 11) is 0. The highest BCUT2D eigenvalue weighted by Gasteiger charge is 2.30. The van der Waals surface area contributed by atoms with Gasteiger partial charge < -0.3 is 4.74 Å². The molecule has 15 heavy (non-hydrogen) atoms. The van der Waals surface area contributed by atoms with Crippen LogP contribution < -0.4 is 0 Å². The Morgan fingerprint density at radius 3 is 2.80 bits per heavy atom. The number of carbonyl (C=O) groups is 2. The van der Waals surface area contributed by atoms with Crippen LogP contribution in [0.4, 0.5) is 5.69 Å². The Kier molecular flexibility index (Phi) is 2.33. The lowest BCUT2D eigenvalue weighted by molar-refractivity contribution is -0.134. The van der Waals surface area contributed by atoms with Crippen molar-refractivity contribution in [3.05, 3.63) is 29.8 Å². The van der Waals surface area contributed by atoms with Gasteiger partial charge in [-0.15, -0.1) is 0 Å². The molecule has 1 aromatic carbocycles. The van der Waals surface area contributed by atoms with Crippen LogP contribution in [0.25, 0.3) is 0 Å². The molecule has 0 aliphatic carbocycles. The number of hydrogen-bond acceptors (Lipinski definition) is 4. The number of rotatable bonds is 2. The Morgan fingerprint density at radius 2 is 2.13 bits per heavy atom. The minimum atomic E-state index is -0.654. The van der Waals surface area contributed by atoms with Crippen molar-refractivity contribution in [2.45, 2.75) is 6.92 Å². The zero-order valence-corrected chi connectivity index (χ0v) is 8.19. The molecule has 76 valence electrons. The highest BCUT2D eigenvalue weighted by atomic mass is 16.5. The van der Waals surface area contributed by atoms with Crippen molar-refractivity contribution in [2.75, 3.05) is 6.61 Å². The van der Waals surface area contributed by atoms with Crippen LogP contribution in [0.5, 0.6) is 0 Å². The molecule has 0 N–H and O–H groups in total. The minimum absolute atomic E-state index is 0.127. The van der Waals surface area contributed by atoms with Crippen LogP contribution in [0.1, 0.15) is 17.3 Å². The van der Waals surface area contributed by atoms with Crippen molar-refractivity contribution < 1.29 is 14.3 Å². The average Bonchev–Trinajstić information content (AvgIpc) is 2.57. The first kappa shape index (κ1) is 9.58. The van der Waals surface area contributed by atoms with Gasteiger partial charge in [-0.2, -0.15) is 0 Å². The van der Waals surface area contributed by atoms with Crippen LogP contribution in [0, 0.1) is 0 Å². The number of carbonyl (C=O) groups excluding carboxylic acids is 2. The normalized spacial score (nSPS) is 13.4. The molecule has 1 heterocycles. The highest BCUT2D eigenvalue weighted by molar-refractivity contribution is 6.69. The van der Waals surface area contributed by atoms with Crippen LogP contribution in [0.3, 0.4) is 0 Å². The van der Waals surface area contributed by atoms with Crippen molar-refractivity contribution in [1.82, 2.24) is 0 Å². The van der Waals surface area contributed by atoms with Crippen molar-refractivity contribution in [3.8, 4) is 0 Å². The highest BCUT2D eigenvalue weighted by Crippen LogP contribution is 2.26. The largest absolute Gasteiger partial charge is 0.461 e. The summed E-state index contributed by atoms with van der Waals surface area (Å²) < 4.78 is 4.74. The Morgan fingerprint density at radius 1 is 1.40 bits per heavy atom. The van der Waals surface area contributed by atoms with Crippen LogP contribution in [-0.4, -0.2) is 24.1 Å². The van der Waals surface area contributed by atoms with E-state index in [9.17, 15) is 9.59 Å². The summed E-state index contributed by atoms with van der Waals surface area (Å²) in [4.78, 5) is 27.0. The van der Waals surface area contributed by atoms with Gasteiger partial charge in [-0.3, -0.25) is 4.79 Å². The van der Waals surface area contributed by atoms with E-state index in [1.807, 2.05) is 0 Å². The second-order valence-electron chi connectivity index (χ2n) is 3.03. The summed E-state index contributed by atoms with van der Waals surface area (Å²) >= 11 is 0. The van der Waals surface area contributed by atoms with E-state index in [0.29, 0.717) is 11.3 Å². The Balaban J connectivity index is 2.35. The lowest BCUT2D eigenvalue weighted by atomic mass is 10.1. The average molecular weight is 203 g/mol. The fraction of sp³-hybridized carbons (Fsp3) is 0.182. The Hall–Kier alpha value is -1.97. The van der Waals surface area contributed by atoms with Crippen LogP contribution >= 0.6 is 0 Å². The maximum Gasteiger partial charge on any atom is 0.361 e. The zero-order chi connectivity index (χ0) is 10.8. The number of hydrogen-bond donors (Lipinski definition) is 0. The first-order chi connectivity index (χ1) is 7.24. The predicted octanol–water partition coefficient (Wildman–Crippen LogP) is 1.52. The van der Waals surface area contributed by atoms with Gasteiger partial charge in [0.15, 0.2) is 5.71 Å². The summed E-state index contributed by atoms with van der Waals surface area (Å²) in [6, 6.07) is 6.84. The minimum Gasteiger partial charge on any atom is -0.461 e. The number of Topliss-reactive ketones (excluding diaryl/α,β-unsaturated/α-hetero) is 1. The van der Waals surface area contributed by atoms with Crippen LogP contribution in [0.15, 0.2) is 29.3 Å². The van der Waals surface area contributed by atoms with E-state index in [-0.39, 0.29) is 18.1 Å². The number of ether oxygens (including phenoxy) is 1.